The summed E-state index contributed by atoms with van der Waals surface area (Å²) in [5.41, 5.74) is 1.17. The molecule has 2 rings (SSSR count). The van der Waals surface area contributed by atoms with E-state index in [0.29, 0.717) is 32.1 Å². The van der Waals surface area contributed by atoms with Crippen LogP contribution in [0.25, 0.3) is 0 Å². The van der Waals surface area contributed by atoms with Gasteiger partial charge in [0.25, 0.3) is 0 Å². The van der Waals surface area contributed by atoms with Gasteiger partial charge in [0.2, 0.25) is 0 Å². The first-order valence-corrected chi connectivity index (χ1v) is 8.00. The molecule has 23 heavy (non-hydrogen) atoms. The summed E-state index contributed by atoms with van der Waals surface area (Å²) in [7, 11) is 0. The van der Waals surface area contributed by atoms with Gasteiger partial charge >= 0.3 is 5.97 Å². The highest BCUT2D eigenvalue weighted by molar-refractivity contribution is 6.35. The molecule has 0 saturated heterocycles. The fourth-order valence-corrected chi connectivity index (χ4v) is 2.39. The second kappa shape index (κ2) is 7.82. The highest BCUT2D eigenvalue weighted by Crippen LogP contribution is 2.26. The van der Waals surface area contributed by atoms with E-state index in [9.17, 15) is 4.79 Å². The summed E-state index contributed by atoms with van der Waals surface area (Å²) in [6.45, 7) is 3.53. The van der Waals surface area contributed by atoms with Crippen molar-refractivity contribution in [2.24, 2.45) is 10.9 Å². The van der Waals surface area contributed by atoms with E-state index in [1.807, 2.05) is 0 Å². The fraction of sp³-hybridized carbons (Fsp3) is 0.176. The van der Waals surface area contributed by atoms with E-state index in [-0.39, 0.29) is 11.9 Å². The molecule has 0 saturated carbocycles. The number of hydrogen-bond donors (Lipinski definition) is 0. The average Bonchev–Trinajstić information content (AvgIpc) is 2.46. The number of rotatable bonds is 4. The van der Waals surface area contributed by atoms with Crippen molar-refractivity contribution in [2.75, 3.05) is 0 Å². The summed E-state index contributed by atoms with van der Waals surface area (Å²) in [4.78, 5) is 16.1. The molecule has 0 spiro atoms. The number of hydrogen-bond acceptors (Lipinski definition) is 3. The molecule has 0 radical (unpaired) electrons. The molecule has 0 heterocycles. The van der Waals surface area contributed by atoms with Crippen LogP contribution in [0.4, 0.5) is 5.69 Å². The van der Waals surface area contributed by atoms with Crippen molar-refractivity contribution in [3.63, 3.8) is 0 Å². The van der Waals surface area contributed by atoms with Gasteiger partial charge in [0.1, 0.15) is 5.75 Å². The van der Waals surface area contributed by atoms with Crippen molar-refractivity contribution in [3.8, 4) is 5.75 Å². The molecule has 0 unspecified atom stereocenters. The zero-order valence-electron chi connectivity index (χ0n) is 12.5. The van der Waals surface area contributed by atoms with Gasteiger partial charge < -0.3 is 4.74 Å². The van der Waals surface area contributed by atoms with Crippen LogP contribution in [0, 0.1) is 5.92 Å². The van der Waals surface area contributed by atoms with Gasteiger partial charge in [-0.1, -0.05) is 48.7 Å². The Kier molecular flexibility index (Phi) is 6.05. The van der Waals surface area contributed by atoms with Crippen molar-refractivity contribution < 1.29 is 9.53 Å². The minimum atomic E-state index is -0.326. The van der Waals surface area contributed by atoms with Gasteiger partial charge in [-0.05, 0) is 36.4 Å². The Labute approximate surface area is 149 Å². The number of aliphatic imine (C=N–C) groups is 1. The number of ether oxygens (including phenoxy) is 1. The Morgan fingerprint density at radius 3 is 2.30 bits per heavy atom. The van der Waals surface area contributed by atoms with Gasteiger partial charge in [-0.3, -0.25) is 9.79 Å². The first-order chi connectivity index (χ1) is 10.8. The van der Waals surface area contributed by atoms with Crippen LogP contribution in [0.2, 0.25) is 15.1 Å². The Bertz CT molecular complexity index is 737. The van der Waals surface area contributed by atoms with Crippen LogP contribution >= 0.6 is 34.8 Å². The maximum atomic E-state index is 11.8. The van der Waals surface area contributed by atoms with Crippen LogP contribution in [-0.4, -0.2) is 12.2 Å². The number of carbonyl (C=O) groups excluding carboxylic acids is 1. The van der Waals surface area contributed by atoms with E-state index in [0.717, 1.165) is 0 Å². The lowest BCUT2D eigenvalue weighted by atomic mass is 10.2. The molecule has 0 bridgehead atoms. The molecule has 0 aliphatic carbocycles. The highest BCUT2D eigenvalue weighted by Gasteiger charge is 2.12. The van der Waals surface area contributed by atoms with Gasteiger partial charge in [-0.25, -0.2) is 0 Å². The summed E-state index contributed by atoms with van der Waals surface area (Å²) in [6, 6.07) is 9.92. The van der Waals surface area contributed by atoms with Gasteiger partial charge in [-0.2, -0.15) is 0 Å². The quantitative estimate of drug-likeness (QED) is 0.378. The maximum Gasteiger partial charge on any atom is 0.313 e. The molecule has 2 aromatic rings. The standard InChI is InChI=1S/C17H14Cl3NO2/c1-10(2)17(22)23-16-4-3-12(18)5-11(16)9-21-15-7-13(19)6-14(20)8-15/h3-10H,1-2H3. The maximum absolute atomic E-state index is 11.8. The van der Waals surface area contributed by atoms with E-state index >= 15 is 0 Å². The second-order valence-corrected chi connectivity index (χ2v) is 6.45. The van der Waals surface area contributed by atoms with E-state index < -0.39 is 0 Å². The molecule has 120 valence electrons. The third-order valence-corrected chi connectivity index (χ3v) is 3.53. The summed E-state index contributed by atoms with van der Waals surface area (Å²) in [6.07, 6.45) is 1.55. The zero-order valence-corrected chi connectivity index (χ0v) is 14.8. The van der Waals surface area contributed by atoms with Crippen LogP contribution in [0.15, 0.2) is 41.4 Å². The molecule has 3 nitrogen and oxygen atoms in total. The summed E-state index contributed by atoms with van der Waals surface area (Å²) >= 11 is 17.9. The van der Waals surface area contributed by atoms with Crippen LogP contribution in [0.3, 0.4) is 0 Å². The van der Waals surface area contributed by atoms with Gasteiger partial charge in [0, 0.05) is 26.8 Å². The molecular weight excluding hydrogens is 357 g/mol. The molecule has 2 aromatic carbocycles. The smallest absolute Gasteiger partial charge is 0.313 e. The number of carbonyl (C=O) groups is 1. The Hall–Kier alpha value is -1.55. The van der Waals surface area contributed by atoms with E-state index in [1.54, 1.807) is 56.5 Å². The average molecular weight is 371 g/mol. The van der Waals surface area contributed by atoms with Crippen molar-refractivity contribution >= 4 is 52.7 Å². The van der Waals surface area contributed by atoms with Crippen molar-refractivity contribution in [1.82, 2.24) is 0 Å². The van der Waals surface area contributed by atoms with Gasteiger partial charge in [0.15, 0.2) is 0 Å². The number of esters is 1. The summed E-state index contributed by atoms with van der Waals surface area (Å²) in [5.74, 6) is -0.167. The topological polar surface area (TPSA) is 38.7 Å². The Morgan fingerprint density at radius 1 is 1.04 bits per heavy atom. The molecular formula is C17H14Cl3NO2. The van der Waals surface area contributed by atoms with Crippen LogP contribution in [0.5, 0.6) is 5.75 Å². The monoisotopic (exact) mass is 369 g/mol. The number of benzene rings is 2. The first-order valence-electron chi connectivity index (χ1n) is 6.86. The van der Waals surface area contributed by atoms with E-state index in [2.05, 4.69) is 4.99 Å². The van der Waals surface area contributed by atoms with Gasteiger partial charge in [-0.15, -0.1) is 0 Å². The largest absolute Gasteiger partial charge is 0.426 e. The zero-order chi connectivity index (χ0) is 17.0. The molecule has 6 heteroatoms. The second-order valence-electron chi connectivity index (χ2n) is 5.14. The minimum Gasteiger partial charge on any atom is -0.426 e. The highest BCUT2D eigenvalue weighted by atomic mass is 35.5. The van der Waals surface area contributed by atoms with Crippen molar-refractivity contribution in [2.45, 2.75) is 13.8 Å². The van der Waals surface area contributed by atoms with Crippen LogP contribution in [-0.2, 0) is 4.79 Å². The predicted molar refractivity (Wildman–Crippen MR) is 95.6 cm³/mol. The Balaban J connectivity index is 2.32. The third-order valence-electron chi connectivity index (χ3n) is 2.85. The minimum absolute atomic E-state index is 0.234. The lowest BCUT2D eigenvalue weighted by Gasteiger charge is -2.09. The molecule has 0 N–H and O–H groups in total. The first kappa shape index (κ1) is 17.8. The normalized spacial score (nSPS) is 11.2. The predicted octanol–water partition coefficient (Wildman–Crippen LogP) is 5.96. The van der Waals surface area contributed by atoms with Crippen LogP contribution < -0.4 is 4.74 Å². The lowest BCUT2D eigenvalue weighted by Crippen LogP contribution is -2.15. The van der Waals surface area contributed by atoms with Gasteiger partial charge in [0.05, 0.1) is 11.6 Å². The molecule has 0 fully saturated rings. The summed E-state index contributed by atoms with van der Waals surface area (Å²) < 4.78 is 5.36. The van der Waals surface area contributed by atoms with E-state index in [4.69, 9.17) is 39.5 Å². The Morgan fingerprint density at radius 2 is 1.70 bits per heavy atom. The molecule has 0 aromatic heterocycles. The SMILES string of the molecule is CC(C)C(=O)Oc1ccc(Cl)cc1C=Nc1cc(Cl)cc(Cl)c1. The molecule has 0 aliphatic heterocycles. The van der Waals surface area contributed by atoms with Crippen molar-refractivity contribution in [1.29, 1.82) is 0 Å². The third kappa shape index (κ3) is 5.24. The number of halogens is 3. The summed E-state index contributed by atoms with van der Waals surface area (Å²) in [5, 5.41) is 1.49. The fourth-order valence-electron chi connectivity index (χ4n) is 1.70. The molecule has 0 aliphatic rings. The number of nitrogens with zero attached hydrogens (tertiary/aromatic N) is 1. The van der Waals surface area contributed by atoms with E-state index in [1.165, 1.54) is 0 Å². The molecule has 0 atom stereocenters. The van der Waals surface area contributed by atoms with Crippen molar-refractivity contribution in [3.05, 3.63) is 57.0 Å². The molecule has 0 amide bonds. The van der Waals surface area contributed by atoms with Crippen LogP contribution in [0.1, 0.15) is 19.4 Å². The lowest BCUT2D eigenvalue weighted by molar-refractivity contribution is -0.137.